The molecule has 1 amide bonds. The zero-order valence-corrected chi connectivity index (χ0v) is 29.5. The molecular weight excluding hydrogens is 663 g/mol. The van der Waals surface area contributed by atoms with Crippen LogP contribution in [0.1, 0.15) is 42.4 Å². The predicted molar refractivity (Wildman–Crippen MR) is 191 cm³/mol. The topological polar surface area (TPSA) is 118 Å². The average molecular weight is 712 g/mol. The van der Waals surface area contributed by atoms with Crippen molar-refractivity contribution in [3.05, 3.63) is 108 Å². The lowest BCUT2D eigenvalue weighted by molar-refractivity contribution is -0.192. The molecule has 10 nitrogen and oxygen atoms in total. The number of halogens is 3. The van der Waals surface area contributed by atoms with E-state index in [4.69, 9.17) is 9.90 Å². The minimum atomic E-state index is -5.08. The maximum absolute atomic E-state index is 13.9. The molecule has 1 aromatic heterocycles. The lowest BCUT2D eigenvalue weighted by Crippen LogP contribution is -2.54. The van der Waals surface area contributed by atoms with Crippen LogP contribution in [0.4, 0.5) is 13.2 Å². The molecule has 0 spiro atoms. The molecule has 4 aromatic rings. The average Bonchev–Trinajstić information content (AvgIpc) is 3.45. The molecule has 3 N–H and O–H groups in total. The molecule has 0 radical (unpaired) electrons. The number of hydrazine groups is 1. The highest BCUT2D eigenvalue weighted by atomic mass is 19.4. The second-order valence-corrected chi connectivity index (χ2v) is 12.5. The molecule has 0 saturated heterocycles. The molecule has 276 valence electrons. The summed E-state index contributed by atoms with van der Waals surface area (Å²) in [5.74, 6) is -4.26. The molecule has 0 aliphatic carbocycles. The summed E-state index contributed by atoms with van der Waals surface area (Å²) in [5, 5.41) is 20.4. The fourth-order valence-corrected chi connectivity index (χ4v) is 5.86. The number of nitrogens with zero attached hydrogens (tertiary/aromatic N) is 4. The quantitative estimate of drug-likeness (QED) is 0.116. The number of carbonyl (C=O) groups is 3. The van der Waals surface area contributed by atoms with Gasteiger partial charge in [-0.25, -0.2) is 9.80 Å². The first-order valence-electron chi connectivity index (χ1n) is 16.8. The molecule has 0 aliphatic rings. The second-order valence-electron chi connectivity index (χ2n) is 12.5. The van der Waals surface area contributed by atoms with Gasteiger partial charge in [-0.2, -0.15) is 13.2 Å². The summed E-state index contributed by atoms with van der Waals surface area (Å²) >= 11 is 0. The van der Waals surface area contributed by atoms with Crippen LogP contribution < -0.4 is 5.43 Å². The van der Waals surface area contributed by atoms with Crippen LogP contribution in [0.15, 0.2) is 91.1 Å². The largest absolute Gasteiger partial charge is 0.490 e. The number of nitrogens with one attached hydrogen (secondary N) is 1. The summed E-state index contributed by atoms with van der Waals surface area (Å²) in [6.45, 7) is 5.34. The maximum atomic E-state index is 13.9. The first-order valence-corrected chi connectivity index (χ1v) is 16.8. The molecule has 4 rings (SSSR count). The van der Waals surface area contributed by atoms with Crippen LogP contribution in [0.3, 0.4) is 0 Å². The minimum Gasteiger partial charge on any atom is -0.481 e. The van der Waals surface area contributed by atoms with Crippen molar-refractivity contribution in [3.8, 4) is 0 Å². The van der Waals surface area contributed by atoms with Crippen LogP contribution in [0.25, 0.3) is 10.9 Å². The number of aromatic nitrogens is 1. The van der Waals surface area contributed by atoms with Gasteiger partial charge in [0.2, 0.25) is 5.91 Å². The van der Waals surface area contributed by atoms with Crippen molar-refractivity contribution < 1.29 is 37.8 Å². The standard InChI is InChI=1S/C36H47N5O3.C2HF3O2/c1-5-41(34(25-28-15-8-6-9-16-28)35(42)39(4)26-29-17-10-7-11-18-29)37-22-21-31(36(43)44)32-27-40(24-14-23-38(2)3)33-20-13-12-19-30(32)33;3-2(4,5)1(6)7/h6-13,15-20,27,31,34,37H,5,14,21-26H2,1-4H3,(H,43,44);(H,6,7)/t31-,34-;/m0./s1. The van der Waals surface area contributed by atoms with Gasteiger partial charge in [0.15, 0.2) is 0 Å². The lowest BCUT2D eigenvalue weighted by atomic mass is 9.95. The first-order chi connectivity index (χ1) is 24.2. The number of amides is 1. The number of alkyl halides is 3. The number of aliphatic carboxylic acids is 2. The fourth-order valence-electron chi connectivity index (χ4n) is 5.86. The van der Waals surface area contributed by atoms with Crippen LogP contribution in [-0.2, 0) is 33.9 Å². The van der Waals surface area contributed by atoms with Gasteiger partial charge >= 0.3 is 18.1 Å². The number of aryl methyl sites for hydroxylation is 1. The van der Waals surface area contributed by atoms with Gasteiger partial charge in [0.05, 0.1) is 5.92 Å². The molecule has 1 heterocycles. The maximum Gasteiger partial charge on any atom is 0.490 e. The Kier molecular flexibility index (Phi) is 15.7. The van der Waals surface area contributed by atoms with Crippen LogP contribution >= 0.6 is 0 Å². The van der Waals surface area contributed by atoms with Crippen molar-refractivity contribution >= 4 is 28.7 Å². The third-order valence-electron chi connectivity index (χ3n) is 8.40. The van der Waals surface area contributed by atoms with Crippen LogP contribution in [-0.4, -0.2) is 100 Å². The Morgan fingerprint density at radius 1 is 0.863 bits per heavy atom. The number of likely N-dealkylation sites (N-methyl/N-ethyl adjacent to an activating group) is 2. The Hall–Kier alpha value is -4.72. The van der Waals surface area contributed by atoms with Gasteiger partial charge in [-0.1, -0.05) is 85.8 Å². The van der Waals surface area contributed by atoms with E-state index in [9.17, 15) is 27.9 Å². The number of carbonyl (C=O) groups excluding carboxylic acids is 1. The summed E-state index contributed by atoms with van der Waals surface area (Å²) in [7, 11) is 5.97. The van der Waals surface area contributed by atoms with E-state index in [1.165, 1.54) is 0 Å². The van der Waals surface area contributed by atoms with E-state index in [0.29, 0.717) is 32.5 Å². The van der Waals surface area contributed by atoms with Crippen LogP contribution in [0.2, 0.25) is 0 Å². The smallest absolute Gasteiger partial charge is 0.481 e. The number of benzene rings is 3. The number of para-hydroxylation sites is 1. The van der Waals surface area contributed by atoms with E-state index in [-0.39, 0.29) is 5.91 Å². The SMILES string of the molecule is CCN(NCC[C@H](C(=O)O)c1cn(CCCN(C)C)c2ccccc12)[C@@H](Cc1ccccc1)C(=O)N(C)Cc1ccccc1.O=C(O)C(F)(F)F. The Labute approximate surface area is 297 Å². The number of hydrogen-bond acceptors (Lipinski definition) is 6. The van der Waals surface area contributed by atoms with Crippen molar-refractivity contribution in [1.82, 2.24) is 24.8 Å². The Balaban J connectivity index is 0.000000908. The van der Waals surface area contributed by atoms with Gasteiger partial charge in [-0.3, -0.25) is 15.0 Å². The highest BCUT2D eigenvalue weighted by Crippen LogP contribution is 2.30. The van der Waals surface area contributed by atoms with E-state index >= 15 is 0 Å². The summed E-state index contributed by atoms with van der Waals surface area (Å²) in [6.07, 6.45) is -1.14. The van der Waals surface area contributed by atoms with Crippen molar-refractivity contribution in [1.29, 1.82) is 0 Å². The number of rotatable bonds is 17. The molecule has 3 aromatic carbocycles. The monoisotopic (exact) mass is 711 g/mol. The van der Waals surface area contributed by atoms with Crippen molar-refractivity contribution in [2.45, 2.75) is 57.4 Å². The Morgan fingerprint density at radius 2 is 1.43 bits per heavy atom. The fraction of sp³-hybridized carbons (Fsp3) is 0.395. The van der Waals surface area contributed by atoms with Gasteiger partial charge in [0.1, 0.15) is 6.04 Å². The predicted octanol–water partition coefficient (Wildman–Crippen LogP) is 5.88. The number of carboxylic acid groups (broad SMARTS) is 2. The Morgan fingerprint density at radius 3 is 1.98 bits per heavy atom. The van der Waals surface area contributed by atoms with E-state index in [1.807, 2.05) is 104 Å². The summed E-state index contributed by atoms with van der Waals surface area (Å²) < 4.78 is 33.9. The minimum absolute atomic E-state index is 0.0163. The third-order valence-corrected chi connectivity index (χ3v) is 8.40. The number of carboxylic acids is 2. The van der Waals surface area contributed by atoms with Crippen molar-refractivity contribution in [2.75, 3.05) is 40.8 Å². The number of fused-ring (bicyclic) bond motifs is 1. The van der Waals surface area contributed by atoms with Gasteiger partial charge < -0.3 is 24.6 Å². The molecule has 0 unspecified atom stereocenters. The van der Waals surface area contributed by atoms with E-state index in [1.54, 1.807) is 4.90 Å². The summed E-state index contributed by atoms with van der Waals surface area (Å²) in [6, 6.07) is 27.6. The highest BCUT2D eigenvalue weighted by Gasteiger charge is 2.38. The molecule has 2 atom stereocenters. The molecule has 51 heavy (non-hydrogen) atoms. The normalized spacial score (nSPS) is 12.7. The van der Waals surface area contributed by atoms with Gasteiger partial charge in [0.25, 0.3) is 0 Å². The molecule has 0 fully saturated rings. The molecular formula is C38H48F3N5O5. The van der Waals surface area contributed by atoms with E-state index < -0.39 is 30.1 Å². The van der Waals surface area contributed by atoms with Gasteiger partial charge in [-0.05, 0) is 62.7 Å². The molecule has 0 bridgehead atoms. The van der Waals surface area contributed by atoms with Gasteiger partial charge in [-0.15, -0.1) is 0 Å². The van der Waals surface area contributed by atoms with Crippen molar-refractivity contribution in [3.63, 3.8) is 0 Å². The zero-order valence-electron chi connectivity index (χ0n) is 29.5. The van der Waals surface area contributed by atoms with E-state index in [2.05, 4.69) is 35.1 Å². The zero-order chi connectivity index (χ0) is 37.6. The van der Waals surface area contributed by atoms with Gasteiger partial charge in [0, 0.05) is 50.3 Å². The lowest BCUT2D eigenvalue weighted by Gasteiger charge is -2.33. The highest BCUT2D eigenvalue weighted by molar-refractivity contribution is 5.90. The summed E-state index contributed by atoms with van der Waals surface area (Å²) in [5.41, 5.74) is 7.50. The van der Waals surface area contributed by atoms with Crippen LogP contribution in [0.5, 0.6) is 0 Å². The van der Waals surface area contributed by atoms with Crippen LogP contribution in [0, 0.1) is 0 Å². The number of hydrogen-bond donors (Lipinski definition) is 3. The second kappa shape index (κ2) is 19.6. The molecule has 0 saturated carbocycles. The molecule has 13 heteroatoms. The first kappa shape index (κ1) is 40.7. The van der Waals surface area contributed by atoms with Crippen molar-refractivity contribution in [2.24, 2.45) is 0 Å². The van der Waals surface area contributed by atoms with E-state index in [0.717, 1.165) is 47.1 Å². The third kappa shape index (κ3) is 12.5. The Bertz CT molecular complexity index is 1680. The summed E-state index contributed by atoms with van der Waals surface area (Å²) in [4.78, 5) is 39.4. The molecule has 0 aliphatic heterocycles.